The number of hydrogen-bond acceptors (Lipinski definition) is 2. The number of Topliss-reactive ketones (excluding diaryl/α,β-unsaturated/α-hetero) is 1. The molecular formula is C26H36ClNO2. The van der Waals surface area contributed by atoms with Gasteiger partial charge in [0.25, 0.3) is 0 Å². The molecule has 0 N–H and O–H groups in total. The monoisotopic (exact) mass is 429 g/mol. The number of carbonyl (C=O) groups is 2. The van der Waals surface area contributed by atoms with Gasteiger partial charge in [-0.15, -0.1) is 0 Å². The van der Waals surface area contributed by atoms with Gasteiger partial charge in [0.15, 0.2) is 0 Å². The van der Waals surface area contributed by atoms with Crippen molar-refractivity contribution >= 4 is 23.3 Å². The molecular weight excluding hydrogens is 394 g/mol. The Hall–Kier alpha value is -1.35. The lowest BCUT2D eigenvalue weighted by Crippen LogP contribution is -2.44. The number of benzene rings is 1. The summed E-state index contributed by atoms with van der Waals surface area (Å²) in [5, 5.41) is 0.833. The smallest absolute Gasteiger partial charge is 0.222 e. The third-order valence-electron chi connectivity index (χ3n) is 8.61. The average molecular weight is 430 g/mol. The fraction of sp³-hybridized carbons (Fsp3) is 0.692. The molecule has 3 unspecified atom stereocenters. The van der Waals surface area contributed by atoms with Gasteiger partial charge in [-0.3, -0.25) is 9.59 Å². The van der Waals surface area contributed by atoms with Crippen LogP contribution in [0.5, 0.6) is 0 Å². The van der Waals surface area contributed by atoms with E-state index in [1.165, 1.54) is 17.5 Å². The highest BCUT2D eigenvalue weighted by molar-refractivity contribution is 6.30. The molecule has 4 rings (SSSR count). The number of amides is 1. The van der Waals surface area contributed by atoms with Crippen LogP contribution in [0.3, 0.4) is 0 Å². The van der Waals surface area contributed by atoms with E-state index in [9.17, 15) is 9.59 Å². The molecule has 1 aromatic carbocycles. The Labute approximate surface area is 186 Å². The minimum Gasteiger partial charge on any atom is -0.343 e. The zero-order valence-corrected chi connectivity index (χ0v) is 19.5. The molecule has 0 radical (unpaired) electrons. The van der Waals surface area contributed by atoms with Crippen LogP contribution in [0.2, 0.25) is 5.02 Å². The second-order valence-electron chi connectivity index (χ2n) is 9.98. The average Bonchev–Trinajstić information content (AvgIpc) is 2.98. The minimum absolute atomic E-state index is 0.154. The predicted octanol–water partition coefficient (Wildman–Crippen LogP) is 6.03. The van der Waals surface area contributed by atoms with Crippen LogP contribution < -0.4 is 0 Å². The van der Waals surface area contributed by atoms with Crippen molar-refractivity contribution in [3.8, 4) is 0 Å². The Balaban J connectivity index is 1.50. The second-order valence-corrected chi connectivity index (χ2v) is 10.4. The summed E-state index contributed by atoms with van der Waals surface area (Å²) in [5.41, 5.74) is 2.74. The molecule has 3 aliphatic rings. The van der Waals surface area contributed by atoms with Crippen molar-refractivity contribution in [3.05, 3.63) is 34.3 Å². The van der Waals surface area contributed by atoms with Crippen LogP contribution in [-0.4, -0.2) is 29.7 Å². The van der Waals surface area contributed by atoms with Gasteiger partial charge in [0, 0.05) is 36.4 Å². The maximum Gasteiger partial charge on any atom is 0.222 e. The van der Waals surface area contributed by atoms with Gasteiger partial charge in [0.2, 0.25) is 5.91 Å². The molecule has 164 valence electrons. The highest BCUT2D eigenvalue weighted by atomic mass is 35.5. The lowest BCUT2D eigenvalue weighted by atomic mass is 9.54. The standard InChI is InChI=1S/C26H36ClNO2/c1-4-28(5-2)24(30)8-6-7-18-16-23(29)26(3)14-13-21-20-12-10-19(27)15-17(20)9-11-22(21)25(18)26/h10,12,15,18,21-22,25H,4-9,11,13-14,16H2,1-3H3/t18-,21?,22?,25?,26-/m1/s1. The van der Waals surface area contributed by atoms with E-state index in [1.54, 1.807) is 0 Å². The van der Waals surface area contributed by atoms with Crippen LogP contribution in [0.1, 0.15) is 82.8 Å². The summed E-state index contributed by atoms with van der Waals surface area (Å²) in [6.07, 6.45) is 7.62. The normalized spacial score (nSPS) is 32.3. The zero-order valence-electron chi connectivity index (χ0n) is 18.8. The summed E-state index contributed by atoms with van der Waals surface area (Å²) >= 11 is 6.26. The van der Waals surface area contributed by atoms with E-state index in [0.717, 1.165) is 56.6 Å². The molecule has 0 aromatic heterocycles. The largest absolute Gasteiger partial charge is 0.343 e. The Bertz CT molecular complexity index is 817. The van der Waals surface area contributed by atoms with Gasteiger partial charge in [-0.25, -0.2) is 0 Å². The first-order valence-corrected chi connectivity index (χ1v) is 12.4. The fourth-order valence-corrected chi connectivity index (χ4v) is 7.32. The van der Waals surface area contributed by atoms with Crippen molar-refractivity contribution in [1.82, 2.24) is 4.90 Å². The molecule has 0 bridgehead atoms. The quantitative estimate of drug-likeness (QED) is 0.553. The van der Waals surface area contributed by atoms with Gasteiger partial charge < -0.3 is 4.90 Å². The number of aryl methyl sites for hydroxylation is 1. The highest BCUT2D eigenvalue weighted by Gasteiger charge is 2.58. The van der Waals surface area contributed by atoms with Crippen molar-refractivity contribution in [1.29, 1.82) is 0 Å². The minimum atomic E-state index is -0.154. The number of fused-ring (bicyclic) bond motifs is 5. The number of nitrogens with zero attached hydrogens (tertiary/aromatic N) is 1. The zero-order chi connectivity index (χ0) is 21.5. The Morgan fingerprint density at radius 3 is 2.73 bits per heavy atom. The molecule has 3 aliphatic carbocycles. The van der Waals surface area contributed by atoms with Crippen LogP contribution >= 0.6 is 11.6 Å². The summed E-state index contributed by atoms with van der Waals surface area (Å²) < 4.78 is 0. The van der Waals surface area contributed by atoms with Gasteiger partial charge in [-0.2, -0.15) is 0 Å². The molecule has 2 fully saturated rings. The summed E-state index contributed by atoms with van der Waals surface area (Å²) in [7, 11) is 0. The first-order valence-electron chi connectivity index (χ1n) is 12.0. The molecule has 0 saturated heterocycles. The third-order valence-corrected chi connectivity index (χ3v) is 8.85. The van der Waals surface area contributed by atoms with Gasteiger partial charge in [-0.05, 0) is 99.3 Å². The van der Waals surface area contributed by atoms with Crippen LogP contribution in [-0.2, 0) is 16.0 Å². The molecule has 0 heterocycles. The Morgan fingerprint density at radius 2 is 2.00 bits per heavy atom. The molecule has 4 heteroatoms. The number of carbonyl (C=O) groups excluding carboxylic acids is 2. The molecule has 0 spiro atoms. The van der Waals surface area contributed by atoms with Gasteiger partial charge in [0.1, 0.15) is 5.78 Å². The first-order chi connectivity index (χ1) is 14.4. The van der Waals surface area contributed by atoms with Gasteiger partial charge in [0.05, 0.1) is 0 Å². The first kappa shape index (κ1) is 21.9. The van der Waals surface area contributed by atoms with Crippen molar-refractivity contribution in [2.45, 2.75) is 78.1 Å². The topological polar surface area (TPSA) is 37.4 Å². The number of rotatable bonds is 6. The van der Waals surface area contributed by atoms with E-state index >= 15 is 0 Å². The van der Waals surface area contributed by atoms with E-state index in [2.05, 4.69) is 19.1 Å². The Kier molecular flexibility index (Phi) is 6.30. The number of ketones is 1. The van der Waals surface area contributed by atoms with Crippen LogP contribution in [0.4, 0.5) is 0 Å². The van der Waals surface area contributed by atoms with E-state index in [1.807, 2.05) is 24.8 Å². The second kappa shape index (κ2) is 8.65. The van der Waals surface area contributed by atoms with Crippen LogP contribution in [0.25, 0.3) is 0 Å². The lowest BCUT2D eigenvalue weighted by molar-refractivity contribution is -0.131. The summed E-state index contributed by atoms with van der Waals surface area (Å²) in [6, 6.07) is 6.43. The molecule has 1 aromatic rings. The molecule has 5 atom stereocenters. The summed E-state index contributed by atoms with van der Waals surface area (Å²) in [4.78, 5) is 27.5. The molecule has 30 heavy (non-hydrogen) atoms. The van der Waals surface area contributed by atoms with E-state index < -0.39 is 0 Å². The Morgan fingerprint density at radius 1 is 1.23 bits per heavy atom. The summed E-state index contributed by atoms with van der Waals surface area (Å²) in [6.45, 7) is 7.89. The predicted molar refractivity (Wildman–Crippen MR) is 122 cm³/mol. The number of hydrogen-bond donors (Lipinski definition) is 0. The highest BCUT2D eigenvalue weighted by Crippen LogP contribution is 2.62. The maximum absolute atomic E-state index is 13.1. The van der Waals surface area contributed by atoms with E-state index in [-0.39, 0.29) is 11.3 Å². The van der Waals surface area contributed by atoms with Crippen molar-refractivity contribution in [2.24, 2.45) is 23.2 Å². The van der Waals surface area contributed by atoms with Gasteiger partial charge in [-0.1, -0.05) is 24.6 Å². The molecule has 1 amide bonds. The van der Waals surface area contributed by atoms with Crippen LogP contribution in [0, 0.1) is 23.2 Å². The molecule has 2 saturated carbocycles. The fourth-order valence-electron chi connectivity index (χ4n) is 7.13. The van der Waals surface area contributed by atoms with Gasteiger partial charge >= 0.3 is 0 Å². The van der Waals surface area contributed by atoms with Crippen molar-refractivity contribution in [3.63, 3.8) is 0 Å². The van der Waals surface area contributed by atoms with Crippen molar-refractivity contribution < 1.29 is 9.59 Å². The molecule has 0 aliphatic heterocycles. The van der Waals surface area contributed by atoms with Crippen molar-refractivity contribution in [2.75, 3.05) is 13.1 Å². The van der Waals surface area contributed by atoms with E-state index in [0.29, 0.717) is 35.9 Å². The number of halogens is 1. The maximum atomic E-state index is 13.1. The SMILES string of the molecule is CCN(CC)C(=O)CCC[C@@H]1CC(=O)[C@@]2(C)CCC3c4ccc(Cl)cc4CCC3C12. The lowest BCUT2D eigenvalue weighted by Gasteiger charge is -2.50. The summed E-state index contributed by atoms with van der Waals surface area (Å²) in [5.74, 6) is 2.80. The third kappa shape index (κ3) is 3.72. The van der Waals surface area contributed by atoms with E-state index in [4.69, 9.17) is 11.6 Å². The molecule has 3 nitrogen and oxygen atoms in total. The van der Waals surface area contributed by atoms with Crippen LogP contribution in [0.15, 0.2) is 18.2 Å².